The van der Waals surface area contributed by atoms with Crippen LogP contribution in [0.3, 0.4) is 0 Å². The standard InChI is InChI=1S/C12H24O2.C2H6O3S.Na.H/c1-2-3-4-5-6-7-8-9-10-11-12(13)14;1-2-6(3,4)5;;/h2-11H2,1H3,(H,13,14);2H2,1H3,(H,3,4,5);;/q;;+1;-1. The third kappa shape index (κ3) is 33.3. The number of unbranched alkanes of at least 4 members (excludes halogenated alkanes) is 8. The van der Waals surface area contributed by atoms with Gasteiger partial charge in [0.05, 0.1) is 5.75 Å². The first kappa shape index (κ1) is 26.3. The average molecular weight is 334 g/mol. The van der Waals surface area contributed by atoms with Gasteiger partial charge in [0.2, 0.25) is 0 Å². The molecule has 0 bridgehead atoms. The maximum absolute atomic E-state index is 10.2. The van der Waals surface area contributed by atoms with Gasteiger partial charge in [0.25, 0.3) is 10.1 Å². The van der Waals surface area contributed by atoms with Gasteiger partial charge in [-0.05, 0) is 13.3 Å². The van der Waals surface area contributed by atoms with E-state index >= 15 is 0 Å². The zero-order chi connectivity index (χ0) is 15.9. The average Bonchev–Trinajstić information content (AvgIpc) is 2.36. The Morgan fingerprint density at radius 3 is 1.52 bits per heavy atom. The zero-order valence-electron chi connectivity index (χ0n) is 14.8. The van der Waals surface area contributed by atoms with Crippen LogP contribution in [0.5, 0.6) is 0 Å². The monoisotopic (exact) mass is 334 g/mol. The van der Waals surface area contributed by atoms with Gasteiger partial charge >= 0.3 is 35.5 Å². The van der Waals surface area contributed by atoms with Crippen molar-refractivity contribution in [2.75, 3.05) is 5.75 Å². The molecule has 0 saturated heterocycles. The van der Waals surface area contributed by atoms with E-state index in [1.807, 2.05) is 0 Å². The summed E-state index contributed by atoms with van der Waals surface area (Å²) in [5, 5.41) is 8.41. The van der Waals surface area contributed by atoms with E-state index in [0.29, 0.717) is 6.42 Å². The predicted molar refractivity (Wildman–Crippen MR) is 82.7 cm³/mol. The largest absolute Gasteiger partial charge is 1.00 e. The molecule has 2 N–H and O–H groups in total. The maximum Gasteiger partial charge on any atom is 1.00 e. The molecule has 0 aromatic carbocycles. The van der Waals surface area contributed by atoms with Crippen LogP contribution in [0.2, 0.25) is 0 Å². The summed E-state index contributed by atoms with van der Waals surface area (Å²) in [5.41, 5.74) is 0. The Hall–Kier alpha value is 0.380. The molecule has 0 aromatic rings. The van der Waals surface area contributed by atoms with Gasteiger partial charge in [0.1, 0.15) is 0 Å². The van der Waals surface area contributed by atoms with Crippen LogP contribution in [0.15, 0.2) is 0 Å². The summed E-state index contributed by atoms with van der Waals surface area (Å²) >= 11 is 0. The minimum absolute atomic E-state index is 0. The zero-order valence-corrected chi connectivity index (χ0v) is 16.6. The van der Waals surface area contributed by atoms with Crippen molar-refractivity contribution < 1.29 is 53.9 Å². The Kier molecular flexibility index (Phi) is 23.1. The van der Waals surface area contributed by atoms with Crippen molar-refractivity contribution in [3.8, 4) is 0 Å². The third-order valence-electron chi connectivity index (χ3n) is 2.86. The van der Waals surface area contributed by atoms with E-state index in [1.165, 1.54) is 51.9 Å². The van der Waals surface area contributed by atoms with Crippen LogP contribution >= 0.6 is 0 Å². The van der Waals surface area contributed by atoms with Crippen LogP contribution in [0.1, 0.15) is 79.5 Å². The normalized spacial score (nSPS) is 10.2. The summed E-state index contributed by atoms with van der Waals surface area (Å²) in [5.74, 6) is -0.861. The quantitative estimate of drug-likeness (QED) is 0.334. The van der Waals surface area contributed by atoms with Crippen LogP contribution in [0.4, 0.5) is 0 Å². The van der Waals surface area contributed by atoms with E-state index in [9.17, 15) is 13.2 Å². The van der Waals surface area contributed by atoms with E-state index in [1.54, 1.807) is 0 Å². The molecule has 0 radical (unpaired) electrons. The summed E-state index contributed by atoms with van der Waals surface area (Å²) in [4.78, 5) is 10.2. The van der Waals surface area contributed by atoms with Crippen molar-refractivity contribution >= 4 is 16.1 Å². The smallest absolute Gasteiger partial charge is 1.00 e. The van der Waals surface area contributed by atoms with Crippen LogP contribution in [0, 0.1) is 0 Å². The third-order valence-corrected chi connectivity index (χ3v) is 3.59. The molecule has 124 valence electrons. The van der Waals surface area contributed by atoms with Crippen LogP contribution in [-0.2, 0) is 14.9 Å². The van der Waals surface area contributed by atoms with Gasteiger partial charge in [0.15, 0.2) is 0 Å². The number of carboxylic acid groups (broad SMARTS) is 1. The molecule has 0 aliphatic carbocycles. The first-order valence-corrected chi connectivity index (χ1v) is 9.11. The summed E-state index contributed by atoms with van der Waals surface area (Å²) in [6.07, 6.45) is 11.5. The second kappa shape index (κ2) is 18.4. The molecule has 0 spiro atoms. The Morgan fingerprint density at radius 2 is 1.24 bits per heavy atom. The summed E-state index contributed by atoms with van der Waals surface area (Å²) in [6, 6.07) is 0. The number of aliphatic carboxylic acids is 1. The molecule has 0 amide bonds. The van der Waals surface area contributed by atoms with Crippen molar-refractivity contribution in [3.63, 3.8) is 0 Å². The van der Waals surface area contributed by atoms with E-state index in [2.05, 4.69) is 6.92 Å². The number of carbonyl (C=O) groups is 1. The fourth-order valence-corrected chi connectivity index (χ4v) is 1.59. The first-order valence-electron chi connectivity index (χ1n) is 7.50. The minimum Gasteiger partial charge on any atom is -1.00 e. The fourth-order valence-electron chi connectivity index (χ4n) is 1.59. The van der Waals surface area contributed by atoms with Crippen LogP contribution in [-0.4, -0.2) is 29.8 Å². The van der Waals surface area contributed by atoms with E-state index in [0.717, 1.165) is 12.8 Å². The van der Waals surface area contributed by atoms with Gasteiger partial charge in [-0.3, -0.25) is 9.35 Å². The number of rotatable bonds is 11. The van der Waals surface area contributed by atoms with Gasteiger partial charge in [-0.15, -0.1) is 0 Å². The summed E-state index contributed by atoms with van der Waals surface area (Å²) in [6.45, 7) is 3.60. The van der Waals surface area contributed by atoms with Crippen LogP contribution in [0.25, 0.3) is 0 Å². The molecule has 0 saturated carbocycles. The Labute approximate surface area is 153 Å². The van der Waals surface area contributed by atoms with E-state index in [-0.39, 0.29) is 36.7 Å². The molecule has 0 unspecified atom stereocenters. The fraction of sp³-hybridized carbons (Fsp3) is 0.929. The molecular formula is C14H31NaO5S. The SMILES string of the molecule is CCCCCCCCCCCC(=O)O.CCS(=O)(=O)O.[H-].[Na+]. The molecule has 0 aliphatic heterocycles. The summed E-state index contributed by atoms with van der Waals surface area (Å²) in [7, 11) is -3.66. The van der Waals surface area contributed by atoms with Crippen molar-refractivity contribution in [2.45, 2.75) is 78.1 Å². The topological polar surface area (TPSA) is 91.7 Å². The van der Waals surface area contributed by atoms with Gasteiger partial charge in [-0.25, -0.2) is 0 Å². The van der Waals surface area contributed by atoms with Crippen LogP contribution < -0.4 is 29.6 Å². The number of hydrogen-bond donors (Lipinski definition) is 2. The van der Waals surface area contributed by atoms with E-state index in [4.69, 9.17) is 9.66 Å². The predicted octanol–water partition coefficient (Wildman–Crippen LogP) is 1.00. The molecule has 0 aromatic heterocycles. The van der Waals surface area contributed by atoms with Crippen molar-refractivity contribution in [2.24, 2.45) is 0 Å². The second-order valence-corrected chi connectivity index (χ2v) is 6.58. The Balaban J connectivity index is -0.000000174. The molecule has 0 fully saturated rings. The Bertz CT molecular complexity index is 323. The molecule has 0 aliphatic rings. The van der Waals surface area contributed by atoms with Gasteiger partial charge in [0, 0.05) is 6.42 Å². The molecule has 0 heterocycles. The molecule has 0 atom stereocenters. The van der Waals surface area contributed by atoms with E-state index < -0.39 is 16.1 Å². The van der Waals surface area contributed by atoms with Gasteiger partial charge < -0.3 is 6.53 Å². The molecule has 5 nitrogen and oxygen atoms in total. The van der Waals surface area contributed by atoms with Gasteiger partial charge in [-0.2, -0.15) is 8.42 Å². The molecule has 7 heteroatoms. The minimum atomic E-state index is -3.66. The van der Waals surface area contributed by atoms with Crippen molar-refractivity contribution in [3.05, 3.63) is 0 Å². The Morgan fingerprint density at radius 1 is 0.905 bits per heavy atom. The van der Waals surface area contributed by atoms with Gasteiger partial charge in [-0.1, -0.05) is 58.3 Å². The second-order valence-electron chi connectivity index (χ2n) is 4.84. The maximum atomic E-state index is 10.2. The molecule has 0 rings (SSSR count). The molecule has 21 heavy (non-hydrogen) atoms. The van der Waals surface area contributed by atoms with Crippen molar-refractivity contribution in [1.82, 2.24) is 0 Å². The number of carboxylic acids is 1. The summed E-state index contributed by atoms with van der Waals surface area (Å²) < 4.78 is 26.9. The van der Waals surface area contributed by atoms with Crippen molar-refractivity contribution in [1.29, 1.82) is 0 Å². The first-order chi connectivity index (χ1) is 9.33. The number of hydrogen-bond acceptors (Lipinski definition) is 3. The molecular weight excluding hydrogens is 303 g/mol.